The molecule has 1 N–H and O–H groups in total. The Hall–Kier alpha value is -4.01. The number of methoxy groups -OCH3 is 1. The number of ether oxygens (including phenoxy) is 4. The first kappa shape index (κ1) is 23.4. The summed E-state index contributed by atoms with van der Waals surface area (Å²) in [5, 5.41) is 2.89. The van der Waals surface area contributed by atoms with Gasteiger partial charge in [-0.15, -0.1) is 0 Å². The van der Waals surface area contributed by atoms with Crippen molar-refractivity contribution in [2.45, 2.75) is 43.0 Å². The van der Waals surface area contributed by atoms with Crippen molar-refractivity contribution >= 4 is 11.9 Å². The molecule has 2 saturated heterocycles. The van der Waals surface area contributed by atoms with Crippen LogP contribution >= 0.6 is 0 Å². The molecule has 0 radical (unpaired) electrons. The van der Waals surface area contributed by atoms with E-state index in [1.54, 1.807) is 12.3 Å². The van der Waals surface area contributed by atoms with Crippen molar-refractivity contribution in [1.29, 1.82) is 0 Å². The number of hydrogen-bond acceptors (Lipinski definition) is 7. The van der Waals surface area contributed by atoms with E-state index in [1.807, 2.05) is 72.8 Å². The summed E-state index contributed by atoms with van der Waals surface area (Å²) < 4.78 is 24.3. The zero-order chi connectivity index (χ0) is 25.4. The summed E-state index contributed by atoms with van der Waals surface area (Å²) in [6.07, 6.45) is -0.0159. The molecule has 3 aromatic rings. The molecule has 188 valence electrons. The Kier molecular flexibility index (Phi) is 5.98. The van der Waals surface area contributed by atoms with Gasteiger partial charge in [-0.25, -0.2) is 4.79 Å². The van der Waals surface area contributed by atoms with Crippen molar-refractivity contribution in [3.05, 3.63) is 107 Å². The zero-order valence-electron chi connectivity index (χ0n) is 20.2. The van der Waals surface area contributed by atoms with Crippen molar-refractivity contribution in [3.63, 3.8) is 0 Å². The molecule has 0 spiro atoms. The lowest BCUT2D eigenvalue weighted by molar-refractivity contribution is -0.144. The normalized spacial score (nSPS) is 25.8. The molecule has 4 heterocycles. The minimum atomic E-state index is -1.30. The van der Waals surface area contributed by atoms with Gasteiger partial charge in [0.1, 0.15) is 30.2 Å². The highest BCUT2D eigenvalue weighted by atomic mass is 16.7. The van der Waals surface area contributed by atoms with Crippen LogP contribution in [0.15, 0.2) is 96.2 Å². The van der Waals surface area contributed by atoms with Crippen LogP contribution in [-0.4, -0.2) is 54.0 Å². The Morgan fingerprint density at radius 1 is 1.03 bits per heavy atom. The number of carbonyl (C=O) groups excluding carboxylic acids is 2. The Bertz CT molecular complexity index is 1290. The number of aromatic nitrogens is 1. The van der Waals surface area contributed by atoms with Crippen molar-refractivity contribution in [3.8, 4) is 5.75 Å². The van der Waals surface area contributed by atoms with E-state index < -0.39 is 35.8 Å². The third-order valence-electron chi connectivity index (χ3n) is 7.07. The van der Waals surface area contributed by atoms with E-state index in [2.05, 4.69) is 10.3 Å². The van der Waals surface area contributed by atoms with E-state index in [9.17, 15) is 9.59 Å². The van der Waals surface area contributed by atoms with Gasteiger partial charge in [-0.1, -0.05) is 54.6 Å². The first-order valence-electron chi connectivity index (χ1n) is 12.2. The van der Waals surface area contributed by atoms with Gasteiger partial charge in [-0.2, -0.15) is 0 Å². The summed E-state index contributed by atoms with van der Waals surface area (Å²) in [5.74, 6) is -0.418. The summed E-state index contributed by atoms with van der Waals surface area (Å²) in [5.41, 5.74) is 0.792. The van der Waals surface area contributed by atoms with Gasteiger partial charge in [-0.05, 0) is 29.8 Å². The number of para-hydroxylation sites is 1. The van der Waals surface area contributed by atoms with Gasteiger partial charge in [-0.3, -0.25) is 9.78 Å². The number of nitrogens with zero attached hydrogens (tertiary/aromatic N) is 1. The highest BCUT2D eigenvalue weighted by Gasteiger charge is 2.78. The van der Waals surface area contributed by atoms with Crippen molar-refractivity contribution in [2.75, 3.05) is 7.11 Å². The quantitative estimate of drug-likeness (QED) is 0.358. The van der Waals surface area contributed by atoms with E-state index in [1.165, 1.54) is 7.11 Å². The molecule has 8 heteroatoms. The van der Waals surface area contributed by atoms with Crippen LogP contribution in [0.1, 0.15) is 11.3 Å². The molecule has 37 heavy (non-hydrogen) atoms. The maximum atomic E-state index is 13.5. The molecule has 5 atom stereocenters. The fourth-order valence-electron chi connectivity index (χ4n) is 5.40. The molecular formula is C29H26N2O6. The number of hydrogen-bond donors (Lipinski definition) is 1. The molecule has 5 unspecified atom stereocenters. The molecule has 3 aliphatic rings. The maximum Gasteiger partial charge on any atom is 0.337 e. The number of esters is 1. The molecule has 1 amide bonds. The lowest BCUT2D eigenvalue weighted by Gasteiger charge is -2.36. The first-order chi connectivity index (χ1) is 18.1. The maximum absolute atomic E-state index is 13.5. The zero-order valence-corrected chi connectivity index (χ0v) is 20.2. The van der Waals surface area contributed by atoms with Crippen LogP contribution in [0.25, 0.3) is 0 Å². The van der Waals surface area contributed by atoms with Crippen LogP contribution in [-0.2, 0) is 36.8 Å². The number of fused-ring (bicyclic) bond motifs is 5. The largest absolute Gasteiger partial charge is 0.487 e. The number of amides is 1. The second kappa shape index (κ2) is 9.46. The number of pyridine rings is 1. The van der Waals surface area contributed by atoms with E-state index in [4.69, 9.17) is 18.9 Å². The van der Waals surface area contributed by atoms with E-state index in [0.717, 1.165) is 5.56 Å². The molecule has 1 aromatic heterocycles. The summed E-state index contributed by atoms with van der Waals surface area (Å²) in [6, 6.07) is 24.7. The van der Waals surface area contributed by atoms with Gasteiger partial charge < -0.3 is 24.3 Å². The minimum absolute atomic E-state index is 0.161. The molecule has 3 aliphatic heterocycles. The number of carbonyl (C=O) groups is 2. The highest BCUT2D eigenvalue weighted by molar-refractivity contribution is 6.07. The van der Waals surface area contributed by atoms with Crippen LogP contribution in [0, 0.1) is 0 Å². The average molecular weight is 499 g/mol. The Balaban J connectivity index is 1.40. The SMILES string of the molecule is COC(=O)C1=C(C(=O)NCc2ccccn2)C2OC1(C(Cc1ccccc1)Oc1ccccc1)C1OC21. The number of nitrogens with one attached hydrogen (secondary N) is 1. The van der Waals surface area contributed by atoms with Gasteiger partial charge >= 0.3 is 5.97 Å². The lowest BCUT2D eigenvalue weighted by Crippen LogP contribution is -2.54. The Morgan fingerprint density at radius 3 is 2.46 bits per heavy atom. The van der Waals surface area contributed by atoms with Crippen LogP contribution in [0.4, 0.5) is 0 Å². The van der Waals surface area contributed by atoms with Gasteiger partial charge in [0.15, 0.2) is 5.60 Å². The summed E-state index contributed by atoms with van der Waals surface area (Å²) in [4.78, 5) is 31.1. The second-order valence-electron chi connectivity index (χ2n) is 9.25. The molecule has 8 nitrogen and oxygen atoms in total. The number of rotatable bonds is 9. The molecule has 6 rings (SSSR count). The fraction of sp³-hybridized carbons (Fsp3) is 0.276. The van der Waals surface area contributed by atoms with Crippen LogP contribution < -0.4 is 10.1 Å². The monoisotopic (exact) mass is 498 g/mol. The Labute approximate surface area is 214 Å². The Morgan fingerprint density at radius 2 is 1.76 bits per heavy atom. The van der Waals surface area contributed by atoms with Crippen molar-refractivity contribution in [1.82, 2.24) is 10.3 Å². The molecule has 0 aliphatic carbocycles. The molecule has 2 aromatic carbocycles. The summed E-state index contributed by atoms with van der Waals surface area (Å²) in [6.45, 7) is 0.209. The summed E-state index contributed by atoms with van der Waals surface area (Å²) >= 11 is 0. The van der Waals surface area contributed by atoms with Gasteiger partial charge in [0.25, 0.3) is 5.91 Å². The lowest BCUT2D eigenvalue weighted by atomic mass is 9.76. The second-order valence-corrected chi connectivity index (χ2v) is 9.25. The van der Waals surface area contributed by atoms with Gasteiger partial charge in [0, 0.05) is 12.6 Å². The highest BCUT2D eigenvalue weighted by Crippen LogP contribution is 2.60. The molecular weight excluding hydrogens is 472 g/mol. The van der Waals surface area contributed by atoms with Crippen LogP contribution in [0.3, 0.4) is 0 Å². The van der Waals surface area contributed by atoms with E-state index in [-0.39, 0.29) is 23.8 Å². The molecule has 2 fully saturated rings. The third kappa shape index (κ3) is 4.08. The summed E-state index contributed by atoms with van der Waals surface area (Å²) in [7, 11) is 1.30. The standard InChI is InChI=1S/C29H26N2O6/c1-34-28(33)23-22(27(32)31-17-19-12-8-9-15-30-19)24-25-26(36-25)29(23,37-24)21(16-18-10-4-2-5-11-18)35-20-13-6-3-7-14-20/h2-15,21,24-26H,16-17H2,1H3,(H,31,32). The average Bonchev–Trinajstić information content (AvgIpc) is 3.60. The predicted octanol–water partition coefficient (Wildman–Crippen LogP) is 2.78. The van der Waals surface area contributed by atoms with Crippen molar-refractivity contribution in [2.24, 2.45) is 0 Å². The van der Waals surface area contributed by atoms with E-state index in [0.29, 0.717) is 17.9 Å². The predicted molar refractivity (Wildman–Crippen MR) is 132 cm³/mol. The number of epoxide rings is 1. The first-order valence-corrected chi connectivity index (χ1v) is 12.2. The third-order valence-corrected chi connectivity index (χ3v) is 7.07. The number of benzene rings is 2. The minimum Gasteiger partial charge on any atom is -0.487 e. The van der Waals surface area contributed by atoms with Crippen LogP contribution in [0.5, 0.6) is 5.75 Å². The van der Waals surface area contributed by atoms with Gasteiger partial charge in [0.2, 0.25) is 0 Å². The van der Waals surface area contributed by atoms with Crippen molar-refractivity contribution < 1.29 is 28.5 Å². The topological polar surface area (TPSA) is 99.3 Å². The molecule has 2 bridgehead atoms. The molecule has 0 saturated carbocycles. The van der Waals surface area contributed by atoms with Gasteiger partial charge in [0.05, 0.1) is 30.5 Å². The smallest absolute Gasteiger partial charge is 0.337 e. The van der Waals surface area contributed by atoms with E-state index >= 15 is 0 Å². The fourth-order valence-corrected chi connectivity index (χ4v) is 5.40. The van der Waals surface area contributed by atoms with Crippen LogP contribution in [0.2, 0.25) is 0 Å².